The summed E-state index contributed by atoms with van der Waals surface area (Å²) in [6, 6.07) is 0. The third-order valence-electron chi connectivity index (χ3n) is 11.1. The van der Waals surface area contributed by atoms with Crippen LogP contribution in [0.2, 0.25) is 0 Å². The molecule has 70 heavy (non-hydrogen) atoms. The molecule has 0 aromatic heterocycles. The van der Waals surface area contributed by atoms with Gasteiger partial charge in [-0.3, -0.25) is 18.6 Å². The molecular formula is C60H100NO8P. The van der Waals surface area contributed by atoms with E-state index < -0.39 is 32.5 Å². The van der Waals surface area contributed by atoms with E-state index in [2.05, 4.69) is 135 Å². The molecule has 0 saturated carbocycles. The highest BCUT2D eigenvalue weighted by molar-refractivity contribution is 7.47. The van der Waals surface area contributed by atoms with Crippen LogP contribution in [0.4, 0.5) is 0 Å². The fourth-order valence-corrected chi connectivity index (χ4v) is 7.80. The highest BCUT2D eigenvalue weighted by atomic mass is 31.2. The molecule has 0 fully saturated rings. The van der Waals surface area contributed by atoms with Gasteiger partial charge in [0.1, 0.15) is 6.61 Å². The normalized spacial score (nSPS) is 14.1. The van der Waals surface area contributed by atoms with Crippen molar-refractivity contribution >= 4 is 19.8 Å². The van der Waals surface area contributed by atoms with Gasteiger partial charge in [-0.05, 0) is 109 Å². The van der Waals surface area contributed by atoms with Crippen LogP contribution in [0.3, 0.4) is 0 Å². The number of phosphoric acid groups is 1. The van der Waals surface area contributed by atoms with Crippen LogP contribution in [0.5, 0.6) is 0 Å². The summed E-state index contributed by atoms with van der Waals surface area (Å²) in [6.07, 6.45) is 75.3. The fourth-order valence-electron chi connectivity index (χ4n) is 7.03. The molecule has 10 heteroatoms. The van der Waals surface area contributed by atoms with Crippen LogP contribution in [-0.4, -0.2) is 49.3 Å². The average Bonchev–Trinajstić information content (AvgIpc) is 3.35. The molecule has 0 aliphatic heterocycles. The molecule has 9 nitrogen and oxygen atoms in total. The van der Waals surface area contributed by atoms with Crippen molar-refractivity contribution < 1.29 is 37.6 Å². The molecule has 2 atom stereocenters. The molecule has 0 heterocycles. The lowest BCUT2D eigenvalue weighted by molar-refractivity contribution is -0.161. The summed E-state index contributed by atoms with van der Waals surface area (Å²) in [4.78, 5) is 35.1. The number of unbranched alkanes of at least 4 members (excludes halogenated alkanes) is 17. The van der Waals surface area contributed by atoms with Gasteiger partial charge in [-0.25, -0.2) is 4.57 Å². The number of ether oxygens (including phenoxy) is 2. The SMILES string of the molecule is CC/C=C\C/C=C\C/C=C\C/C=C\C/C=C\C/C=C\C/C=C\C/C=C\C/C=C\CCCCCCCC(=O)OC(COC(=O)CCCCCCC/C=C\CCCCCCCCC)COP(=O)(O)OCCN. The Bertz CT molecular complexity index is 1550. The van der Waals surface area contributed by atoms with Crippen molar-refractivity contribution in [1.82, 2.24) is 0 Å². The van der Waals surface area contributed by atoms with Gasteiger partial charge in [0.05, 0.1) is 13.2 Å². The zero-order chi connectivity index (χ0) is 51.0. The smallest absolute Gasteiger partial charge is 0.462 e. The lowest BCUT2D eigenvalue weighted by atomic mass is 10.1. The summed E-state index contributed by atoms with van der Waals surface area (Å²) in [5.74, 6) is -0.868. The minimum Gasteiger partial charge on any atom is -0.462 e. The Balaban J connectivity index is 4.10. The molecule has 0 aliphatic carbocycles. The average molecular weight is 994 g/mol. The second kappa shape index (κ2) is 54.7. The Morgan fingerprint density at radius 2 is 0.786 bits per heavy atom. The first-order chi connectivity index (χ1) is 34.3. The van der Waals surface area contributed by atoms with Crippen LogP contribution >= 0.6 is 7.82 Å². The fraction of sp³-hybridized carbons (Fsp3) is 0.633. The van der Waals surface area contributed by atoms with E-state index in [0.29, 0.717) is 12.8 Å². The first-order valence-electron chi connectivity index (χ1n) is 27.5. The van der Waals surface area contributed by atoms with Gasteiger partial charge in [0.2, 0.25) is 0 Å². The molecule has 0 spiro atoms. The minimum absolute atomic E-state index is 0.0426. The van der Waals surface area contributed by atoms with E-state index in [0.717, 1.165) is 122 Å². The number of carbonyl (C=O) groups is 2. The number of rotatable bonds is 50. The third kappa shape index (κ3) is 53.8. The molecule has 2 unspecified atom stereocenters. The van der Waals surface area contributed by atoms with Gasteiger partial charge >= 0.3 is 19.8 Å². The number of allylic oxidation sites excluding steroid dienone is 20. The van der Waals surface area contributed by atoms with Gasteiger partial charge in [0, 0.05) is 19.4 Å². The van der Waals surface area contributed by atoms with E-state index in [4.69, 9.17) is 24.3 Å². The topological polar surface area (TPSA) is 134 Å². The zero-order valence-corrected chi connectivity index (χ0v) is 45.1. The first kappa shape index (κ1) is 66.4. The molecule has 0 aromatic carbocycles. The van der Waals surface area contributed by atoms with Crippen molar-refractivity contribution in [2.45, 2.75) is 219 Å². The van der Waals surface area contributed by atoms with Crippen LogP contribution in [-0.2, 0) is 32.7 Å². The largest absolute Gasteiger partial charge is 0.472 e. The monoisotopic (exact) mass is 994 g/mol. The molecular weight excluding hydrogens is 894 g/mol. The Morgan fingerprint density at radius 1 is 0.443 bits per heavy atom. The number of carbonyl (C=O) groups excluding carboxylic acids is 2. The summed E-state index contributed by atoms with van der Waals surface area (Å²) in [5.41, 5.74) is 5.37. The van der Waals surface area contributed by atoms with E-state index >= 15 is 0 Å². The van der Waals surface area contributed by atoms with E-state index in [1.54, 1.807) is 0 Å². The Kier molecular flexibility index (Phi) is 51.9. The van der Waals surface area contributed by atoms with Gasteiger partial charge in [-0.15, -0.1) is 0 Å². The lowest BCUT2D eigenvalue weighted by Crippen LogP contribution is -2.29. The Labute approximate surface area is 428 Å². The zero-order valence-electron chi connectivity index (χ0n) is 44.2. The number of phosphoric ester groups is 1. The van der Waals surface area contributed by atoms with Crippen molar-refractivity contribution in [3.63, 3.8) is 0 Å². The third-order valence-corrected chi connectivity index (χ3v) is 12.1. The van der Waals surface area contributed by atoms with Crippen LogP contribution in [0, 0.1) is 0 Å². The molecule has 0 aromatic rings. The minimum atomic E-state index is -4.40. The van der Waals surface area contributed by atoms with E-state index in [1.165, 1.54) is 51.4 Å². The quantitative estimate of drug-likeness (QED) is 0.0264. The molecule has 0 radical (unpaired) electrons. The maximum atomic E-state index is 12.7. The summed E-state index contributed by atoms with van der Waals surface area (Å²) in [7, 11) is -4.40. The predicted molar refractivity (Wildman–Crippen MR) is 297 cm³/mol. The molecule has 398 valence electrons. The van der Waals surface area contributed by atoms with Gasteiger partial charge in [0.15, 0.2) is 6.10 Å². The van der Waals surface area contributed by atoms with E-state index in [-0.39, 0.29) is 32.6 Å². The standard InChI is InChI=1S/C60H100NO8P/c1-3-5-7-9-11-13-15-17-19-21-22-23-24-25-26-27-28-29-30-31-32-33-34-35-36-37-39-41-43-45-47-49-51-53-60(63)69-58(57-68-70(64,65)67-55-54-61)56-66-59(62)52-50-48-46-44-42-40-38-20-18-16-14-12-10-8-6-4-2/h5,7,11,13,17,19-20,22-23,25-26,28-29,31-32,34-35,37-39,58H,3-4,6,8-10,12,14-16,18,21,24,27,30,33,36,40-57,61H2,1-2H3,(H,64,65)/b7-5-,13-11-,19-17-,23-22-,26-25-,29-28-,32-31-,35-34-,38-20-,39-37-. The Hall–Kier alpha value is -3.59. The molecule has 0 amide bonds. The number of nitrogens with two attached hydrogens (primary N) is 1. The van der Waals surface area contributed by atoms with Crippen molar-refractivity contribution in [2.24, 2.45) is 5.73 Å². The summed E-state index contributed by atoms with van der Waals surface area (Å²) < 4.78 is 32.9. The van der Waals surface area contributed by atoms with Gasteiger partial charge in [-0.1, -0.05) is 212 Å². The van der Waals surface area contributed by atoms with Crippen molar-refractivity contribution in [2.75, 3.05) is 26.4 Å². The molecule has 0 aliphatic rings. The summed E-state index contributed by atoms with van der Waals surface area (Å²) >= 11 is 0. The van der Waals surface area contributed by atoms with Crippen molar-refractivity contribution in [3.05, 3.63) is 122 Å². The van der Waals surface area contributed by atoms with Crippen LogP contribution in [0.1, 0.15) is 213 Å². The number of esters is 2. The second-order valence-electron chi connectivity index (χ2n) is 17.7. The van der Waals surface area contributed by atoms with E-state index in [9.17, 15) is 19.0 Å². The summed E-state index contributed by atoms with van der Waals surface area (Å²) in [5, 5.41) is 0. The predicted octanol–water partition coefficient (Wildman–Crippen LogP) is 17.2. The first-order valence-corrected chi connectivity index (χ1v) is 29.0. The lowest BCUT2D eigenvalue weighted by Gasteiger charge is -2.19. The second-order valence-corrected chi connectivity index (χ2v) is 19.2. The Morgan fingerprint density at radius 3 is 1.19 bits per heavy atom. The molecule has 0 saturated heterocycles. The highest BCUT2D eigenvalue weighted by Gasteiger charge is 2.26. The van der Waals surface area contributed by atoms with E-state index in [1.807, 2.05) is 0 Å². The van der Waals surface area contributed by atoms with Crippen LogP contribution in [0.25, 0.3) is 0 Å². The highest BCUT2D eigenvalue weighted by Crippen LogP contribution is 2.43. The van der Waals surface area contributed by atoms with Gasteiger partial charge in [-0.2, -0.15) is 0 Å². The molecule has 0 rings (SSSR count). The maximum absolute atomic E-state index is 12.7. The van der Waals surface area contributed by atoms with Crippen LogP contribution < -0.4 is 5.73 Å². The molecule has 0 bridgehead atoms. The van der Waals surface area contributed by atoms with Crippen molar-refractivity contribution in [1.29, 1.82) is 0 Å². The number of hydrogen-bond acceptors (Lipinski definition) is 8. The number of hydrogen-bond donors (Lipinski definition) is 2. The van der Waals surface area contributed by atoms with Crippen LogP contribution in [0.15, 0.2) is 122 Å². The summed E-state index contributed by atoms with van der Waals surface area (Å²) in [6.45, 7) is 3.58. The maximum Gasteiger partial charge on any atom is 0.472 e. The van der Waals surface area contributed by atoms with Gasteiger partial charge in [0.25, 0.3) is 0 Å². The van der Waals surface area contributed by atoms with Crippen molar-refractivity contribution in [3.8, 4) is 0 Å². The van der Waals surface area contributed by atoms with Gasteiger partial charge < -0.3 is 20.1 Å². The molecule has 3 N–H and O–H groups in total.